The minimum absolute atomic E-state index is 0.0245. The molecule has 2 aromatic carbocycles. The molecule has 1 aliphatic rings. The van der Waals surface area contributed by atoms with Gasteiger partial charge in [0.2, 0.25) is 0 Å². The summed E-state index contributed by atoms with van der Waals surface area (Å²) < 4.78 is 32.6. The van der Waals surface area contributed by atoms with E-state index in [9.17, 15) is 13.9 Å². The fraction of sp³-hybridized carbons (Fsp3) is 0.400. The Kier molecular flexibility index (Phi) is 6.13. The molecule has 134 valence electrons. The molecule has 0 amide bonds. The second kappa shape index (κ2) is 8.52. The molecule has 5 heteroatoms. The van der Waals surface area contributed by atoms with Gasteiger partial charge in [0.1, 0.15) is 11.6 Å². The number of nitrogens with one attached hydrogen (secondary N) is 1. The first-order chi connectivity index (χ1) is 12.1. The zero-order chi connectivity index (χ0) is 17.6. The minimum atomic E-state index is -1.11. The van der Waals surface area contributed by atoms with Crippen molar-refractivity contribution in [3.05, 3.63) is 71.3 Å². The number of halogens is 2. The van der Waals surface area contributed by atoms with E-state index < -0.39 is 17.7 Å². The lowest BCUT2D eigenvalue weighted by molar-refractivity contribution is 0.159. The summed E-state index contributed by atoms with van der Waals surface area (Å²) in [7, 11) is 0. The lowest BCUT2D eigenvalue weighted by atomic mass is 9.94. The standard InChI is InChI=1S/C20H23F2NO2/c21-16-6-7-18(22)17(11-16)20(24)12-23-19(10-14-8-9-25-13-14)15-4-2-1-3-5-15/h1-7,11,14,19-20,23-24H,8-10,12-13H2/t14-,19+,20-/m1/s1. The Hall–Kier alpha value is -1.82. The summed E-state index contributed by atoms with van der Waals surface area (Å²) in [6, 6.07) is 13.1. The maximum atomic E-state index is 13.8. The summed E-state index contributed by atoms with van der Waals surface area (Å²) in [6.45, 7) is 1.67. The van der Waals surface area contributed by atoms with E-state index in [0.717, 1.165) is 49.8 Å². The second-order valence-corrected chi connectivity index (χ2v) is 6.52. The van der Waals surface area contributed by atoms with Crippen molar-refractivity contribution in [3.8, 4) is 0 Å². The molecule has 0 saturated carbocycles. The van der Waals surface area contributed by atoms with Crippen molar-refractivity contribution >= 4 is 0 Å². The van der Waals surface area contributed by atoms with E-state index in [0.29, 0.717) is 5.92 Å². The van der Waals surface area contributed by atoms with Crippen molar-refractivity contribution in [1.82, 2.24) is 5.32 Å². The number of benzene rings is 2. The zero-order valence-electron chi connectivity index (χ0n) is 14.0. The maximum absolute atomic E-state index is 13.8. The molecule has 3 rings (SSSR count). The molecule has 2 N–H and O–H groups in total. The van der Waals surface area contributed by atoms with E-state index in [2.05, 4.69) is 5.32 Å². The molecule has 3 nitrogen and oxygen atoms in total. The van der Waals surface area contributed by atoms with Crippen LogP contribution in [0.2, 0.25) is 0 Å². The van der Waals surface area contributed by atoms with Crippen molar-refractivity contribution < 1.29 is 18.6 Å². The molecular weight excluding hydrogens is 324 g/mol. The van der Waals surface area contributed by atoms with Crippen LogP contribution in [0.15, 0.2) is 48.5 Å². The van der Waals surface area contributed by atoms with Crippen LogP contribution in [0.5, 0.6) is 0 Å². The largest absolute Gasteiger partial charge is 0.387 e. The van der Waals surface area contributed by atoms with Crippen LogP contribution in [0.3, 0.4) is 0 Å². The van der Waals surface area contributed by atoms with Gasteiger partial charge in [0.25, 0.3) is 0 Å². The summed E-state index contributed by atoms with van der Waals surface area (Å²) in [6.07, 6.45) is 0.788. The van der Waals surface area contributed by atoms with E-state index in [1.54, 1.807) is 0 Å². The van der Waals surface area contributed by atoms with Gasteiger partial charge in [0.05, 0.1) is 6.10 Å². The van der Waals surface area contributed by atoms with Gasteiger partial charge in [-0.2, -0.15) is 0 Å². The van der Waals surface area contributed by atoms with Gasteiger partial charge in [-0.3, -0.25) is 0 Å². The van der Waals surface area contributed by atoms with Gasteiger partial charge in [0.15, 0.2) is 0 Å². The summed E-state index contributed by atoms with van der Waals surface area (Å²) in [5.74, 6) is -0.699. The highest BCUT2D eigenvalue weighted by molar-refractivity contribution is 5.22. The Bertz CT molecular complexity index is 675. The third-order valence-corrected chi connectivity index (χ3v) is 4.67. The number of hydrogen-bond acceptors (Lipinski definition) is 3. The SMILES string of the molecule is O[C@H](CN[C@@H](C[C@H]1CCOC1)c1ccccc1)c1cc(F)ccc1F. The van der Waals surface area contributed by atoms with Crippen LogP contribution in [0.1, 0.15) is 36.1 Å². The van der Waals surface area contributed by atoms with Crippen LogP contribution >= 0.6 is 0 Å². The Morgan fingerprint density at radius 2 is 1.96 bits per heavy atom. The highest BCUT2D eigenvalue weighted by atomic mass is 19.1. The maximum Gasteiger partial charge on any atom is 0.129 e. The van der Waals surface area contributed by atoms with Crippen molar-refractivity contribution in [2.24, 2.45) is 5.92 Å². The Balaban J connectivity index is 1.68. The minimum Gasteiger partial charge on any atom is -0.387 e. The van der Waals surface area contributed by atoms with Crippen LogP contribution in [0.25, 0.3) is 0 Å². The zero-order valence-corrected chi connectivity index (χ0v) is 14.0. The first-order valence-electron chi connectivity index (χ1n) is 8.62. The first-order valence-corrected chi connectivity index (χ1v) is 8.62. The smallest absolute Gasteiger partial charge is 0.129 e. The van der Waals surface area contributed by atoms with E-state index in [1.165, 1.54) is 0 Å². The van der Waals surface area contributed by atoms with E-state index >= 15 is 0 Å². The second-order valence-electron chi connectivity index (χ2n) is 6.52. The number of aliphatic hydroxyl groups is 1. The molecule has 1 aliphatic heterocycles. The molecule has 1 heterocycles. The number of ether oxygens (including phenoxy) is 1. The molecule has 2 aromatic rings. The van der Waals surface area contributed by atoms with Gasteiger partial charge in [-0.05, 0) is 42.5 Å². The quantitative estimate of drug-likeness (QED) is 0.801. The fourth-order valence-electron chi connectivity index (χ4n) is 3.26. The van der Waals surface area contributed by atoms with Gasteiger partial charge in [-0.1, -0.05) is 30.3 Å². The molecule has 3 atom stereocenters. The van der Waals surface area contributed by atoms with E-state index in [-0.39, 0.29) is 18.2 Å². The summed E-state index contributed by atoms with van der Waals surface area (Å²) in [4.78, 5) is 0. The molecule has 0 bridgehead atoms. The molecule has 1 saturated heterocycles. The van der Waals surface area contributed by atoms with Crippen LogP contribution in [-0.4, -0.2) is 24.9 Å². The third kappa shape index (κ3) is 4.84. The highest BCUT2D eigenvalue weighted by Gasteiger charge is 2.23. The molecule has 0 radical (unpaired) electrons. The van der Waals surface area contributed by atoms with Gasteiger partial charge in [0, 0.05) is 31.4 Å². The van der Waals surface area contributed by atoms with Gasteiger partial charge in [-0.15, -0.1) is 0 Å². The highest BCUT2D eigenvalue weighted by Crippen LogP contribution is 2.27. The number of aliphatic hydroxyl groups excluding tert-OH is 1. The molecule has 0 spiro atoms. The topological polar surface area (TPSA) is 41.5 Å². The Labute approximate surface area is 146 Å². The van der Waals surface area contributed by atoms with Crippen LogP contribution in [0, 0.1) is 17.6 Å². The number of hydrogen-bond donors (Lipinski definition) is 2. The summed E-state index contributed by atoms with van der Waals surface area (Å²) in [5.41, 5.74) is 1.09. The Morgan fingerprint density at radius 1 is 1.16 bits per heavy atom. The molecular formula is C20H23F2NO2. The van der Waals surface area contributed by atoms with Crippen LogP contribution in [0.4, 0.5) is 8.78 Å². The Morgan fingerprint density at radius 3 is 2.68 bits per heavy atom. The van der Waals surface area contributed by atoms with Gasteiger partial charge in [-0.25, -0.2) is 8.78 Å². The lowest BCUT2D eigenvalue weighted by Gasteiger charge is -2.24. The fourth-order valence-corrected chi connectivity index (χ4v) is 3.26. The molecule has 0 aromatic heterocycles. The molecule has 1 fully saturated rings. The van der Waals surface area contributed by atoms with Crippen molar-refractivity contribution in [3.63, 3.8) is 0 Å². The normalized spacial score (nSPS) is 19.7. The summed E-state index contributed by atoms with van der Waals surface area (Å²) >= 11 is 0. The van der Waals surface area contributed by atoms with Gasteiger partial charge < -0.3 is 15.2 Å². The third-order valence-electron chi connectivity index (χ3n) is 4.67. The molecule has 0 unspecified atom stereocenters. The first kappa shape index (κ1) is 18.0. The van der Waals surface area contributed by atoms with Crippen molar-refractivity contribution in [1.29, 1.82) is 0 Å². The average molecular weight is 347 g/mol. The predicted molar refractivity (Wildman–Crippen MR) is 92.0 cm³/mol. The van der Waals surface area contributed by atoms with Crippen LogP contribution in [-0.2, 0) is 4.74 Å². The monoisotopic (exact) mass is 347 g/mol. The average Bonchev–Trinajstić information content (AvgIpc) is 3.14. The van der Waals surface area contributed by atoms with E-state index in [1.807, 2.05) is 30.3 Å². The molecule has 0 aliphatic carbocycles. The lowest BCUT2D eigenvalue weighted by Crippen LogP contribution is -2.28. The van der Waals surface area contributed by atoms with E-state index in [4.69, 9.17) is 4.74 Å². The van der Waals surface area contributed by atoms with Crippen LogP contribution < -0.4 is 5.32 Å². The summed E-state index contributed by atoms with van der Waals surface area (Å²) in [5, 5.41) is 13.6. The van der Waals surface area contributed by atoms with Crippen molar-refractivity contribution in [2.75, 3.05) is 19.8 Å². The van der Waals surface area contributed by atoms with Gasteiger partial charge >= 0.3 is 0 Å². The predicted octanol–water partition coefficient (Wildman–Crippen LogP) is 3.76. The number of rotatable bonds is 7. The molecule has 25 heavy (non-hydrogen) atoms. The van der Waals surface area contributed by atoms with Crippen molar-refractivity contribution in [2.45, 2.75) is 25.0 Å².